The van der Waals surface area contributed by atoms with Crippen LogP contribution in [-0.2, 0) is 0 Å². The number of carbonyl (C=O) groups excluding carboxylic acids is 2. The minimum absolute atomic E-state index is 0.180. The average molecular weight is 346 g/mol. The van der Waals surface area contributed by atoms with E-state index in [2.05, 4.69) is 10.6 Å². The first kappa shape index (κ1) is 17.2. The molecule has 0 heterocycles. The number of benzene rings is 3. The Morgan fingerprint density at radius 3 is 1.58 bits per heavy atom. The van der Waals surface area contributed by atoms with Crippen molar-refractivity contribution in [2.75, 3.05) is 17.7 Å². The molecule has 0 aliphatic rings. The van der Waals surface area contributed by atoms with Gasteiger partial charge in [-0.2, -0.15) is 0 Å². The highest BCUT2D eigenvalue weighted by molar-refractivity contribution is 6.05. The third-order valence-electron chi connectivity index (χ3n) is 3.79. The standard InChI is InChI=1S/C21H18N2O3/c1-26-19-13-7-16(8-14-19)21(25)23-18-11-9-17(10-12-18)22-20(24)15-5-3-2-4-6-15/h2-14H,1H3,(H,22,24)(H,23,25). The van der Waals surface area contributed by atoms with E-state index in [1.807, 2.05) is 18.2 Å². The summed E-state index contributed by atoms with van der Waals surface area (Å²) in [7, 11) is 1.58. The van der Waals surface area contributed by atoms with Gasteiger partial charge in [0.25, 0.3) is 11.8 Å². The molecule has 3 aromatic rings. The molecule has 0 spiro atoms. The third kappa shape index (κ3) is 4.27. The number of ether oxygens (including phenoxy) is 1. The van der Waals surface area contributed by atoms with Crippen LogP contribution in [-0.4, -0.2) is 18.9 Å². The maximum atomic E-state index is 12.2. The Morgan fingerprint density at radius 1 is 0.654 bits per heavy atom. The molecule has 5 heteroatoms. The van der Waals surface area contributed by atoms with Crippen molar-refractivity contribution in [3.05, 3.63) is 90.0 Å². The number of carbonyl (C=O) groups is 2. The lowest BCUT2D eigenvalue weighted by Gasteiger charge is -2.08. The number of hydrogen-bond donors (Lipinski definition) is 2. The van der Waals surface area contributed by atoms with Gasteiger partial charge in [0.05, 0.1) is 7.11 Å². The van der Waals surface area contributed by atoms with Crippen molar-refractivity contribution < 1.29 is 14.3 Å². The summed E-state index contributed by atoms with van der Waals surface area (Å²) in [5.41, 5.74) is 2.42. The molecule has 2 N–H and O–H groups in total. The zero-order valence-electron chi connectivity index (χ0n) is 14.2. The Labute approximate surface area is 151 Å². The summed E-state index contributed by atoms with van der Waals surface area (Å²) in [4.78, 5) is 24.4. The van der Waals surface area contributed by atoms with E-state index in [1.165, 1.54) is 0 Å². The zero-order valence-corrected chi connectivity index (χ0v) is 14.2. The van der Waals surface area contributed by atoms with Crippen LogP contribution in [0.25, 0.3) is 0 Å². The van der Waals surface area contributed by atoms with Crippen LogP contribution in [0.2, 0.25) is 0 Å². The molecule has 0 fully saturated rings. The highest BCUT2D eigenvalue weighted by Gasteiger charge is 2.08. The number of methoxy groups -OCH3 is 1. The van der Waals surface area contributed by atoms with Gasteiger partial charge < -0.3 is 15.4 Å². The molecule has 0 aliphatic heterocycles. The Kier molecular flexibility index (Phi) is 5.29. The number of anilines is 2. The van der Waals surface area contributed by atoms with Crippen LogP contribution in [0.1, 0.15) is 20.7 Å². The fraction of sp³-hybridized carbons (Fsp3) is 0.0476. The Balaban J connectivity index is 1.62. The minimum atomic E-state index is -0.214. The van der Waals surface area contributed by atoms with Crippen LogP contribution < -0.4 is 15.4 Å². The average Bonchev–Trinajstić information content (AvgIpc) is 2.70. The largest absolute Gasteiger partial charge is 0.497 e. The Morgan fingerprint density at radius 2 is 1.12 bits per heavy atom. The molecule has 2 amide bonds. The van der Waals surface area contributed by atoms with Crippen LogP contribution in [0.3, 0.4) is 0 Å². The van der Waals surface area contributed by atoms with E-state index < -0.39 is 0 Å². The summed E-state index contributed by atoms with van der Waals surface area (Å²) in [6, 6.07) is 22.8. The third-order valence-corrected chi connectivity index (χ3v) is 3.79. The summed E-state index contributed by atoms with van der Waals surface area (Å²) in [6.07, 6.45) is 0. The first-order valence-corrected chi connectivity index (χ1v) is 8.07. The molecule has 3 rings (SSSR count). The van der Waals surface area contributed by atoms with E-state index in [-0.39, 0.29) is 11.8 Å². The Hall–Kier alpha value is -3.60. The lowest BCUT2D eigenvalue weighted by molar-refractivity contribution is 0.101. The number of rotatable bonds is 5. The van der Waals surface area contributed by atoms with Gasteiger partial charge >= 0.3 is 0 Å². The van der Waals surface area contributed by atoms with Gasteiger partial charge in [-0.15, -0.1) is 0 Å². The molecule has 0 saturated heterocycles. The van der Waals surface area contributed by atoms with Gasteiger partial charge in [-0.3, -0.25) is 9.59 Å². The normalized spacial score (nSPS) is 10.0. The molecular formula is C21H18N2O3. The fourth-order valence-corrected chi connectivity index (χ4v) is 2.38. The van der Waals surface area contributed by atoms with E-state index in [0.717, 1.165) is 0 Å². The van der Waals surface area contributed by atoms with Crippen LogP contribution >= 0.6 is 0 Å². The molecule has 3 aromatic carbocycles. The molecule has 26 heavy (non-hydrogen) atoms. The molecule has 0 aromatic heterocycles. The highest BCUT2D eigenvalue weighted by Crippen LogP contribution is 2.17. The first-order chi connectivity index (χ1) is 12.7. The molecule has 130 valence electrons. The van der Waals surface area contributed by atoms with Gasteiger partial charge in [0.15, 0.2) is 0 Å². The quantitative estimate of drug-likeness (QED) is 0.727. The van der Waals surface area contributed by atoms with Gasteiger partial charge in [-0.1, -0.05) is 18.2 Å². The van der Waals surface area contributed by atoms with Crippen molar-refractivity contribution >= 4 is 23.2 Å². The molecule has 0 atom stereocenters. The number of nitrogens with one attached hydrogen (secondary N) is 2. The van der Waals surface area contributed by atoms with E-state index in [1.54, 1.807) is 67.8 Å². The molecule has 0 radical (unpaired) electrons. The zero-order chi connectivity index (χ0) is 18.4. The van der Waals surface area contributed by atoms with Crippen molar-refractivity contribution in [3.8, 4) is 5.75 Å². The predicted octanol–water partition coefficient (Wildman–Crippen LogP) is 4.20. The monoisotopic (exact) mass is 346 g/mol. The van der Waals surface area contributed by atoms with Gasteiger partial charge in [0.2, 0.25) is 0 Å². The van der Waals surface area contributed by atoms with E-state index in [9.17, 15) is 9.59 Å². The summed E-state index contributed by atoms with van der Waals surface area (Å²) >= 11 is 0. The smallest absolute Gasteiger partial charge is 0.255 e. The maximum absolute atomic E-state index is 12.2. The fourth-order valence-electron chi connectivity index (χ4n) is 2.38. The molecule has 5 nitrogen and oxygen atoms in total. The molecule has 0 aliphatic carbocycles. The first-order valence-electron chi connectivity index (χ1n) is 8.07. The van der Waals surface area contributed by atoms with Crippen molar-refractivity contribution in [2.45, 2.75) is 0 Å². The second kappa shape index (κ2) is 7.98. The van der Waals surface area contributed by atoms with Gasteiger partial charge in [-0.25, -0.2) is 0 Å². The topological polar surface area (TPSA) is 67.4 Å². The van der Waals surface area contributed by atoms with Gasteiger partial charge in [0.1, 0.15) is 5.75 Å². The van der Waals surface area contributed by atoms with Crippen LogP contribution in [0.15, 0.2) is 78.9 Å². The lowest BCUT2D eigenvalue weighted by atomic mass is 10.2. The molecule has 0 unspecified atom stereocenters. The number of hydrogen-bond acceptors (Lipinski definition) is 3. The van der Waals surface area contributed by atoms with E-state index in [4.69, 9.17) is 4.74 Å². The van der Waals surface area contributed by atoms with E-state index >= 15 is 0 Å². The van der Waals surface area contributed by atoms with Gasteiger partial charge in [-0.05, 0) is 60.7 Å². The number of amides is 2. The second-order valence-electron chi connectivity index (χ2n) is 5.58. The predicted molar refractivity (Wildman–Crippen MR) is 102 cm³/mol. The molecule has 0 saturated carbocycles. The summed E-state index contributed by atoms with van der Waals surface area (Å²) in [5.74, 6) is 0.300. The molecular weight excluding hydrogens is 328 g/mol. The summed E-state index contributed by atoms with van der Waals surface area (Å²) < 4.78 is 5.08. The maximum Gasteiger partial charge on any atom is 0.255 e. The summed E-state index contributed by atoms with van der Waals surface area (Å²) in [5, 5.41) is 5.63. The van der Waals surface area contributed by atoms with Crippen molar-refractivity contribution in [3.63, 3.8) is 0 Å². The van der Waals surface area contributed by atoms with Crippen LogP contribution in [0, 0.1) is 0 Å². The van der Waals surface area contributed by atoms with Crippen molar-refractivity contribution in [1.82, 2.24) is 0 Å². The lowest BCUT2D eigenvalue weighted by Crippen LogP contribution is -2.13. The summed E-state index contributed by atoms with van der Waals surface area (Å²) in [6.45, 7) is 0. The highest BCUT2D eigenvalue weighted by atomic mass is 16.5. The second-order valence-corrected chi connectivity index (χ2v) is 5.58. The van der Waals surface area contributed by atoms with Crippen molar-refractivity contribution in [2.24, 2.45) is 0 Å². The SMILES string of the molecule is COc1ccc(C(=O)Nc2ccc(NC(=O)c3ccccc3)cc2)cc1. The van der Waals surface area contributed by atoms with E-state index in [0.29, 0.717) is 28.3 Å². The van der Waals surface area contributed by atoms with Crippen LogP contribution in [0.4, 0.5) is 11.4 Å². The minimum Gasteiger partial charge on any atom is -0.497 e. The Bertz CT molecular complexity index is 889. The van der Waals surface area contributed by atoms with Crippen molar-refractivity contribution in [1.29, 1.82) is 0 Å². The molecule has 0 bridgehead atoms. The van der Waals surface area contributed by atoms with Crippen LogP contribution in [0.5, 0.6) is 5.75 Å². The van der Waals surface area contributed by atoms with Gasteiger partial charge in [0, 0.05) is 22.5 Å².